The minimum Gasteiger partial charge on any atom is -0.328 e. The Kier molecular flexibility index (Phi) is 4.52. The number of aromatic nitrogens is 2. The molecule has 0 radical (unpaired) electrons. The van der Waals surface area contributed by atoms with Crippen LogP contribution in [0.1, 0.15) is 37.6 Å². The molecule has 0 unspecified atom stereocenters. The predicted molar refractivity (Wildman–Crippen MR) is 85.1 cm³/mol. The molecule has 1 N–H and O–H groups in total. The van der Waals surface area contributed by atoms with Crippen LogP contribution in [0.2, 0.25) is 0 Å². The number of aromatic amines is 1. The van der Waals surface area contributed by atoms with Crippen LogP contribution in [0.25, 0.3) is 0 Å². The first kappa shape index (κ1) is 17.5. The molecule has 0 spiro atoms. The molecular formula is C16H17F3N2OS. The van der Waals surface area contributed by atoms with Gasteiger partial charge in [0, 0.05) is 6.07 Å². The van der Waals surface area contributed by atoms with E-state index in [1.807, 2.05) is 24.3 Å². The number of H-pyrrole nitrogens is 1. The first-order chi connectivity index (χ1) is 10.5. The fraction of sp³-hybridized carbons (Fsp3) is 0.375. The summed E-state index contributed by atoms with van der Waals surface area (Å²) in [7, 11) is 0. The number of benzene rings is 1. The second-order valence-corrected chi connectivity index (χ2v) is 6.74. The summed E-state index contributed by atoms with van der Waals surface area (Å²) in [5, 5.41) is 0. The highest BCUT2D eigenvalue weighted by atomic mass is 32.1. The second-order valence-electron chi connectivity index (χ2n) is 6.36. The molecule has 0 amide bonds. The van der Waals surface area contributed by atoms with Crippen molar-refractivity contribution >= 4 is 12.2 Å². The van der Waals surface area contributed by atoms with Crippen molar-refractivity contribution in [2.75, 3.05) is 0 Å². The van der Waals surface area contributed by atoms with Gasteiger partial charge in [0.15, 0.2) is 4.77 Å². The minimum absolute atomic E-state index is 0.000673. The van der Waals surface area contributed by atoms with Crippen LogP contribution in [-0.4, -0.2) is 9.55 Å². The topological polar surface area (TPSA) is 37.8 Å². The largest absolute Gasteiger partial charge is 0.431 e. The average Bonchev–Trinajstić information content (AvgIpc) is 2.41. The number of alkyl halides is 3. The number of rotatable bonds is 2. The molecule has 1 heterocycles. The molecule has 1 aromatic carbocycles. The zero-order chi connectivity index (χ0) is 17.4. The van der Waals surface area contributed by atoms with Crippen molar-refractivity contribution < 1.29 is 13.2 Å². The molecule has 2 rings (SSSR count). The molecule has 0 atom stereocenters. The molecule has 2 aromatic rings. The van der Waals surface area contributed by atoms with E-state index in [1.54, 1.807) is 0 Å². The molecule has 0 saturated heterocycles. The van der Waals surface area contributed by atoms with Crippen molar-refractivity contribution in [2.45, 2.75) is 38.9 Å². The van der Waals surface area contributed by atoms with Gasteiger partial charge in [-0.1, -0.05) is 45.0 Å². The van der Waals surface area contributed by atoms with Gasteiger partial charge in [-0.15, -0.1) is 0 Å². The molecule has 3 nitrogen and oxygen atoms in total. The summed E-state index contributed by atoms with van der Waals surface area (Å²) >= 11 is 4.89. The fourth-order valence-electron chi connectivity index (χ4n) is 2.12. The lowest BCUT2D eigenvalue weighted by Crippen LogP contribution is -2.25. The van der Waals surface area contributed by atoms with Gasteiger partial charge in [-0.05, 0) is 28.8 Å². The highest BCUT2D eigenvalue weighted by Gasteiger charge is 2.32. The molecule has 0 saturated carbocycles. The fourth-order valence-corrected chi connectivity index (χ4v) is 2.38. The Balaban J connectivity index is 2.35. The summed E-state index contributed by atoms with van der Waals surface area (Å²) in [4.78, 5) is 14.0. The van der Waals surface area contributed by atoms with E-state index in [9.17, 15) is 18.0 Å². The Morgan fingerprint density at radius 2 is 1.70 bits per heavy atom. The normalized spacial score (nSPS) is 12.4. The van der Waals surface area contributed by atoms with E-state index < -0.39 is 17.4 Å². The minimum atomic E-state index is -4.62. The van der Waals surface area contributed by atoms with Gasteiger partial charge in [-0.2, -0.15) is 13.2 Å². The van der Waals surface area contributed by atoms with Crippen molar-refractivity contribution in [3.05, 3.63) is 62.3 Å². The van der Waals surface area contributed by atoms with Gasteiger partial charge < -0.3 is 4.98 Å². The van der Waals surface area contributed by atoms with Crippen molar-refractivity contribution in [2.24, 2.45) is 0 Å². The Hall–Kier alpha value is -1.89. The summed E-state index contributed by atoms with van der Waals surface area (Å²) in [5.41, 5.74) is 0.0130. The van der Waals surface area contributed by atoms with Gasteiger partial charge >= 0.3 is 6.18 Å². The van der Waals surface area contributed by atoms with Gasteiger partial charge in [0.1, 0.15) is 5.69 Å². The SMILES string of the molecule is CC(C)(C)c1ccc(Cn2c(=O)cc(C(F)(F)F)[nH]c2=S)cc1. The molecular weight excluding hydrogens is 325 g/mol. The Morgan fingerprint density at radius 1 is 1.13 bits per heavy atom. The van der Waals surface area contributed by atoms with E-state index in [0.717, 1.165) is 15.7 Å². The van der Waals surface area contributed by atoms with Crippen molar-refractivity contribution in [1.82, 2.24) is 9.55 Å². The number of hydrogen-bond acceptors (Lipinski definition) is 2. The standard InChI is InChI=1S/C16H17F3N2OS/c1-15(2,3)11-6-4-10(5-7-11)9-21-13(22)8-12(16(17,18)19)20-14(21)23/h4-8H,9H2,1-3H3,(H,20,23). The van der Waals surface area contributed by atoms with Gasteiger partial charge in [0.25, 0.3) is 5.56 Å². The average molecular weight is 342 g/mol. The summed E-state index contributed by atoms with van der Waals surface area (Å²) in [6.45, 7) is 6.37. The van der Waals surface area contributed by atoms with Crippen LogP contribution in [0.3, 0.4) is 0 Å². The van der Waals surface area contributed by atoms with Crippen LogP contribution < -0.4 is 5.56 Å². The molecule has 0 aliphatic carbocycles. The number of hydrogen-bond donors (Lipinski definition) is 1. The maximum absolute atomic E-state index is 12.6. The zero-order valence-corrected chi connectivity index (χ0v) is 13.8. The van der Waals surface area contributed by atoms with Gasteiger partial charge in [-0.25, -0.2) is 0 Å². The van der Waals surface area contributed by atoms with E-state index in [-0.39, 0.29) is 16.7 Å². The van der Waals surface area contributed by atoms with Gasteiger partial charge in [0.05, 0.1) is 6.54 Å². The molecule has 1 aromatic heterocycles. The third-order valence-electron chi connectivity index (χ3n) is 3.49. The van der Waals surface area contributed by atoms with Crippen molar-refractivity contribution in [3.8, 4) is 0 Å². The van der Waals surface area contributed by atoms with Crippen molar-refractivity contribution in [1.29, 1.82) is 0 Å². The third kappa shape index (κ3) is 4.10. The van der Waals surface area contributed by atoms with E-state index in [0.29, 0.717) is 6.07 Å². The molecule has 0 fully saturated rings. The summed E-state index contributed by atoms with van der Waals surface area (Å²) in [5.74, 6) is 0. The van der Waals surface area contributed by atoms with Crippen LogP contribution >= 0.6 is 12.2 Å². The third-order valence-corrected chi connectivity index (χ3v) is 3.81. The van der Waals surface area contributed by atoms with E-state index >= 15 is 0 Å². The van der Waals surface area contributed by atoms with Crippen molar-refractivity contribution in [3.63, 3.8) is 0 Å². The van der Waals surface area contributed by atoms with Gasteiger partial charge in [0.2, 0.25) is 0 Å². The van der Waals surface area contributed by atoms with Crippen LogP contribution in [-0.2, 0) is 18.1 Å². The zero-order valence-electron chi connectivity index (χ0n) is 13.0. The first-order valence-corrected chi connectivity index (χ1v) is 7.40. The summed E-state index contributed by atoms with van der Waals surface area (Å²) in [6.07, 6.45) is -4.62. The molecule has 0 aliphatic heterocycles. The highest BCUT2D eigenvalue weighted by molar-refractivity contribution is 7.71. The van der Waals surface area contributed by atoms with Crippen LogP contribution in [0.5, 0.6) is 0 Å². The molecule has 7 heteroatoms. The maximum Gasteiger partial charge on any atom is 0.431 e. The highest BCUT2D eigenvalue weighted by Crippen LogP contribution is 2.26. The predicted octanol–water partition coefficient (Wildman–Crippen LogP) is 4.27. The Labute approximate surface area is 136 Å². The van der Waals surface area contributed by atoms with E-state index in [1.165, 1.54) is 0 Å². The van der Waals surface area contributed by atoms with Crippen LogP contribution in [0, 0.1) is 4.77 Å². The lowest BCUT2D eigenvalue weighted by Gasteiger charge is -2.19. The maximum atomic E-state index is 12.6. The van der Waals surface area contributed by atoms with E-state index in [2.05, 4.69) is 25.8 Å². The van der Waals surface area contributed by atoms with E-state index in [4.69, 9.17) is 12.2 Å². The Bertz CT molecular complexity index is 780. The first-order valence-electron chi connectivity index (χ1n) is 6.99. The van der Waals surface area contributed by atoms with Crippen LogP contribution in [0.15, 0.2) is 35.1 Å². The summed E-state index contributed by atoms with van der Waals surface area (Å²) < 4.78 is 38.8. The lowest BCUT2D eigenvalue weighted by atomic mass is 9.87. The molecule has 23 heavy (non-hydrogen) atoms. The quantitative estimate of drug-likeness (QED) is 0.828. The number of nitrogens with zero attached hydrogens (tertiary/aromatic N) is 1. The monoisotopic (exact) mass is 342 g/mol. The smallest absolute Gasteiger partial charge is 0.328 e. The summed E-state index contributed by atoms with van der Waals surface area (Å²) in [6, 6.07) is 8.10. The number of nitrogens with one attached hydrogen (secondary N) is 1. The second kappa shape index (κ2) is 5.96. The van der Waals surface area contributed by atoms with Crippen LogP contribution in [0.4, 0.5) is 13.2 Å². The van der Waals surface area contributed by atoms with Gasteiger partial charge in [-0.3, -0.25) is 9.36 Å². The molecule has 124 valence electrons. The lowest BCUT2D eigenvalue weighted by molar-refractivity contribution is -0.141. The molecule has 0 aliphatic rings. The Morgan fingerprint density at radius 3 is 2.13 bits per heavy atom. The number of halogens is 3. The molecule has 0 bridgehead atoms.